The van der Waals surface area contributed by atoms with Gasteiger partial charge >= 0.3 is 0 Å². The zero-order valence-corrected chi connectivity index (χ0v) is 18.5. The number of pyridine rings is 1. The van der Waals surface area contributed by atoms with Crippen molar-refractivity contribution < 1.29 is 9.53 Å². The van der Waals surface area contributed by atoms with Gasteiger partial charge in [0, 0.05) is 48.2 Å². The van der Waals surface area contributed by atoms with Crippen LogP contribution < -0.4 is 14.5 Å². The van der Waals surface area contributed by atoms with Gasteiger partial charge in [-0.05, 0) is 44.0 Å². The Balaban J connectivity index is 1.51. The SMILES string of the molecule is Cc1cc(Oc2cc(Cl)ccc2Cl)c(C(=O)N2CCN(C3CC3)c3ccccc32)cn1. The van der Waals surface area contributed by atoms with Crippen molar-refractivity contribution in [1.29, 1.82) is 0 Å². The fraction of sp³-hybridized carbons (Fsp3) is 0.250. The van der Waals surface area contributed by atoms with E-state index < -0.39 is 0 Å². The van der Waals surface area contributed by atoms with Crippen molar-refractivity contribution >= 4 is 40.5 Å². The molecule has 0 spiro atoms. The third-order valence-electron chi connectivity index (χ3n) is 5.63. The minimum absolute atomic E-state index is 0.149. The van der Waals surface area contributed by atoms with E-state index in [2.05, 4.69) is 16.0 Å². The first kappa shape index (κ1) is 20.2. The number of anilines is 2. The van der Waals surface area contributed by atoms with Gasteiger partial charge in [-0.2, -0.15) is 0 Å². The molecule has 0 bridgehead atoms. The zero-order valence-electron chi connectivity index (χ0n) is 17.0. The summed E-state index contributed by atoms with van der Waals surface area (Å²) >= 11 is 12.4. The number of rotatable bonds is 4. The van der Waals surface area contributed by atoms with Gasteiger partial charge in [0.2, 0.25) is 0 Å². The van der Waals surface area contributed by atoms with Gasteiger partial charge in [0.15, 0.2) is 0 Å². The second-order valence-corrected chi connectivity index (χ2v) is 8.71. The number of para-hydroxylation sites is 2. The first-order chi connectivity index (χ1) is 15.0. The van der Waals surface area contributed by atoms with Crippen LogP contribution in [-0.4, -0.2) is 30.0 Å². The molecule has 5 rings (SSSR count). The molecule has 1 saturated carbocycles. The quantitative estimate of drug-likeness (QED) is 0.477. The van der Waals surface area contributed by atoms with Gasteiger partial charge in [-0.3, -0.25) is 9.78 Å². The molecule has 1 fully saturated rings. The average molecular weight is 454 g/mol. The van der Waals surface area contributed by atoms with Crippen LogP contribution in [-0.2, 0) is 0 Å². The average Bonchev–Trinajstić information content (AvgIpc) is 3.60. The molecule has 2 aliphatic rings. The van der Waals surface area contributed by atoms with Crippen LogP contribution in [0, 0.1) is 6.92 Å². The van der Waals surface area contributed by atoms with E-state index in [0.29, 0.717) is 39.7 Å². The van der Waals surface area contributed by atoms with Crippen molar-refractivity contribution in [1.82, 2.24) is 4.98 Å². The van der Waals surface area contributed by atoms with Gasteiger partial charge < -0.3 is 14.5 Å². The number of halogens is 2. The number of amides is 1. The van der Waals surface area contributed by atoms with Crippen LogP contribution in [0.3, 0.4) is 0 Å². The molecule has 3 aromatic rings. The van der Waals surface area contributed by atoms with E-state index in [4.69, 9.17) is 27.9 Å². The highest BCUT2D eigenvalue weighted by molar-refractivity contribution is 6.34. The summed E-state index contributed by atoms with van der Waals surface area (Å²) in [5.74, 6) is 0.653. The Kier molecular flexibility index (Phi) is 5.24. The molecule has 1 aromatic heterocycles. The van der Waals surface area contributed by atoms with Gasteiger partial charge in [0.25, 0.3) is 5.91 Å². The maximum Gasteiger partial charge on any atom is 0.263 e. The van der Waals surface area contributed by atoms with Crippen LogP contribution >= 0.6 is 23.2 Å². The molecule has 7 heteroatoms. The number of hydrogen-bond acceptors (Lipinski definition) is 4. The number of nitrogens with zero attached hydrogens (tertiary/aromatic N) is 3. The van der Waals surface area contributed by atoms with Crippen molar-refractivity contribution in [3.05, 3.63) is 76.0 Å². The molecule has 0 unspecified atom stereocenters. The first-order valence-corrected chi connectivity index (χ1v) is 11.0. The lowest BCUT2D eigenvalue weighted by Gasteiger charge is -2.38. The van der Waals surface area contributed by atoms with Crippen LogP contribution in [0.1, 0.15) is 28.9 Å². The number of fused-ring (bicyclic) bond motifs is 1. The van der Waals surface area contributed by atoms with Crippen LogP contribution in [0.5, 0.6) is 11.5 Å². The summed E-state index contributed by atoms with van der Waals surface area (Å²) in [7, 11) is 0. The highest BCUT2D eigenvalue weighted by atomic mass is 35.5. The van der Waals surface area contributed by atoms with Crippen molar-refractivity contribution in [2.45, 2.75) is 25.8 Å². The summed E-state index contributed by atoms with van der Waals surface area (Å²) in [6.45, 7) is 3.27. The molecular formula is C24H21Cl2N3O2. The van der Waals surface area contributed by atoms with Crippen LogP contribution in [0.15, 0.2) is 54.7 Å². The molecule has 1 aliphatic carbocycles. The smallest absolute Gasteiger partial charge is 0.263 e. The van der Waals surface area contributed by atoms with Gasteiger partial charge in [0.1, 0.15) is 17.1 Å². The summed E-state index contributed by atoms with van der Waals surface area (Å²) in [5, 5.41) is 0.920. The van der Waals surface area contributed by atoms with Crippen LogP contribution in [0.2, 0.25) is 10.0 Å². The monoisotopic (exact) mass is 453 g/mol. The number of hydrogen-bond donors (Lipinski definition) is 0. The third-order valence-corrected chi connectivity index (χ3v) is 6.17. The first-order valence-electron chi connectivity index (χ1n) is 10.3. The van der Waals surface area contributed by atoms with E-state index in [0.717, 1.165) is 23.6 Å². The Labute approximate surface area is 191 Å². The Morgan fingerprint density at radius 3 is 2.58 bits per heavy atom. The highest BCUT2D eigenvalue weighted by Crippen LogP contribution is 2.41. The zero-order chi connectivity index (χ0) is 21.5. The van der Waals surface area contributed by atoms with Gasteiger partial charge in [-0.1, -0.05) is 35.3 Å². The number of carbonyl (C=O) groups excluding carboxylic acids is 1. The van der Waals surface area contributed by atoms with E-state index in [-0.39, 0.29) is 5.91 Å². The molecule has 1 aliphatic heterocycles. The van der Waals surface area contributed by atoms with Crippen molar-refractivity contribution in [3.63, 3.8) is 0 Å². The maximum atomic E-state index is 13.7. The third kappa shape index (κ3) is 3.95. The largest absolute Gasteiger partial charge is 0.455 e. The Hall–Kier alpha value is -2.76. The summed E-state index contributed by atoms with van der Waals surface area (Å²) in [5.41, 5.74) is 3.14. The van der Waals surface area contributed by atoms with Crippen LogP contribution in [0.25, 0.3) is 0 Å². The lowest BCUT2D eigenvalue weighted by molar-refractivity contribution is 0.0984. The lowest BCUT2D eigenvalue weighted by Crippen LogP contribution is -2.45. The normalized spacial score (nSPS) is 15.6. The topological polar surface area (TPSA) is 45.7 Å². The number of carbonyl (C=O) groups is 1. The minimum atomic E-state index is -0.149. The lowest BCUT2D eigenvalue weighted by atomic mass is 10.1. The molecule has 5 nitrogen and oxygen atoms in total. The van der Waals surface area contributed by atoms with Gasteiger partial charge in [-0.25, -0.2) is 0 Å². The Morgan fingerprint density at radius 2 is 1.81 bits per heavy atom. The highest BCUT2D eigenvalue weighted by Gasteiger charge is 2.36. The van der Waals surface area contributed by atoms with E-state index >= 15 is 0 Å². The Morgan fingerprint density at radius 1 is 1.03 bits per heavy atom. The number of aromatic nitrogens is 1. The summed E-state index contributed by atoms with van der Waals surface area (Å²) in [6.07, 6.45) is 3.99. The summed E-state index contributed by atoms with van der Waals surface area (Å²) in [6, 6.07) is 15.4. The van der Waals surface area contributed by atoms with E-state index in [1.807, 2.05) is 30.0 Å². The second-order valence-electron chi connectivity index (χ2n) is 7.87. The van der Waals surface area contributed by atoms with Gasteiger partial charge in [0.05, 0.1) is 16.4 Å². The predicted octanol–water partition coefficient (Wildman–Crippen LogP) is 6.12. The molecule has 2 heterocycles. The molecule has 158 valence electrons. The summed E-state index contributed by atoms with van der Waals surface area (Å²) < 4.78 is 6.06. The van der Waals surface area contributed by atoms with E-state index in [1.165, 1.54) is 12.8 Å². The molecule has 0 N–H and O–H groups in total. The van der Waals surface area contributed by atoms with Crippen LogP contribution in [0.4, 0.5) is 11.4 Å². The predicted molar refractivity (Wildman–Crippen MR) is 124 cm³/mol. The fourth-order valence-corrected chi connectivity index (χ4v) is 4.28. The molecular weight excluding hydrogens is 433 g/mol. The molecule has 31 heavy (non-hydrogen) atoms. The molecule has 0 atom stereocenters. The molecule has 2 aromatic carbocycles. The number of benzene rings is 2. The van der Waals surface area contributed by atoms with Crippen molar-refractivity contribution in [2.24, 2.45) is 0 Å². The molecule has 1 amide bonds. The van der Waals surface area contributed by atoms with E-state index in [1.54, 1.807) is 30.5 Å². The number of ether oxygens (including phenoxy) is 1. The fourth-order valence-electron chi connectivity index (χ4n) is 3.96. The maximum absolute atomic E-state index is 13.7. The number of aryl methyl sites for hydroxylation is 1. The molecule has 0 saturated heterocycles. The Bertz CT molecular complexity index is 1160. The van der Waals surface area contributed by atoms with Crippen molar-refractivity contribution in [2.75, 3.05) is 22.9 Å². The molecule has 0 radical (unpaired) electrons. The second kappa shape index (κ2) is 8.06. The standard InChI is InChI=1S/C24H21Cl2N3O2/c1-15-12-22(31-23-13-16(25)6-9-19(23)26)18(14-27-15)24(30)29-11-10-28(17-7-8-17)20-4-2-3-5-21(20)29/h2-6,9,12-14,17H,7-8,10-11H2,1H3. The van der Waals surface area contributed by atoms with Gasteiger partial charge in [-0.15, -0.1) is 0 Å². The van der Waals surface area contributed by atoms with Crippen molar-refractivity contribution in [3.8, 4) is 11.5 Å². The summed E-state index contributed by atoms with van der Waals surface area (Å²) in [4.78, 5) is 22.2. The van der Waals surface area contributed by atoms with E-state index in [9.17, 15) is 4.79 Å². The minimum Gasteiger partial charge on any atom is -0.455 e.